The second kappa shape index (κ2) is 10.1. The number of aryl methyl sites for hydroxylation is 2. The van der Waals surface area contributed by atoms with Crippen LogP contribution in [0.4, 0.5) is 0 Å². The van der Waals surface area contributed by atoms with E-state index in [-0.39, 0.29) is 0 Å². The Morgan fingerprint density at radius 2 is 1.37 bits per heavy atom. The summed E-state index contributed by atoms with van der Waals surface area (Å²) in [5.74, 6) is 0. The molecule has 7 aromatic rings. The monoisotopic (exact) mass is 527 g/mol. The van der Waals surface area contributed by atoms with Gasteiger partial charge in [-0.05, 0) is 119 Å². The number of hydrogen-bond acceptors (Lipinski definition) is 3. The van der Waals surface area contributed by atoms with Crippen molar-refractivity contribution in [2.75, 3.05) is 0 Å². The van der Waals surface area contributed by atoms with Crippen LogP contribution in [0.5, 0.6) is 0 Å². The van der Waals surface area contributed by atoms with Crippen LogP contribution in [-0.4, -0.2) is 15.0 Å². The van der Waals surface area contributed by atoms with E-state index in [1.54, 1.807) is 0 Å². The van der Waals surface area contributed by atoms with E-state index in [0.29, 0.717) is 0 Å². The molecule has 196 valence electrons. The lowest BCUT2D eigenvalue weighted by Crippen LogP contribution is -1.95. The average molecular weight is 528 g/mol. The summed E-state index contributed by atoms with van der Waals surface area (Å²) in [6.07, 6.45) is 7.50. The molecular weight excluding hydrogens is 498 g/mol. The molecule has 3 heteroatoms. The molecule has 0 aliphatic rings. The SMILES string of the molecule is Cc1ccnc(-c2cccc(-c3c(C)ccc(-c4cc5ncccc5c5ccc(-c6cccnc6)cc45)c3C)c2)c1. The quantitative estimate of drug-likeness (QED) is 0.214. The molecule has 0 fully saturated rings. The number of pyridine rings is 3. The number of benzene rings is 4. The molecule has 4 aromatic carbocycles. The van der Waals surface area contributed by atoms with Gasteiger partial charge in [0.15, 0.2) is 0 Å². The molecule has 3 aromatic heterocycles. The minimum absolute atomic E-state index is 0.993. The number of fused-ring (bicyclic) bond motifs is 3. The third-order valence-corrected chi connectivity index (χ3v) is 8.04. The first-order valence-corrected chi connectivity index (χ1v) is 13.9. The van der Waals surface area contributed by atoms with Gasteiger partial charge in [-0.25, -0.2) is 0 Å². The minimum Gasteiger partial charge on any atom is -0.264 e. The molecule has 41 heavy (non-hydrogen) atoms. The normalized spacial score (nSPS) is 11.3. The van der Waals surface area contributed by atoms with Crippen molar-refractivity contribution in [2.24, 2.45) is 0 Å². The largest absolute Gasteiger partial charge is 0.264 e. The summed E-state index contributed by atoms with van der Waals surface area (Å²) in [7, 11) is 0. The second-order valence-corrected chi connectivity index (χ2v) is 10.7. The third kappa shape index (κ3) is 4.46. The van der Waals surface area contributed by atoms with Crippen LogP contribution >= 0.6 is 0 Å². The van der Waals surface area contributed by atoms with E-state index in [2.05, 4.69) is 110 Å². The molecule has 0 N–H and O–H groups in total. The highest BCUT2D eigenvalue weighted by molar-refractivity contribution is 6.14. The summed E-state index contributed by atoms with van der Waals surface area (Å²) in [4.78, 5) is 13.8. The third-order valence-electron chi connectivity index (χ3n) is 8.04. The summed E-state index contributed by atoms with van der Waals surface area (Å²) in [5.41, 5.74) is 13.9. The Morgan fingerprint density at radius 1 is 0.512 bits per heavy atom. The van der Waals surface area contributed by atoms with Crippen LogP contribution in [0.25, 0.3) is 66.3 Å². The van der Waals surface area contributed by atoms with Crippen LogP contribution < -0.4 is 0 Å². The lowest BCUT2D eigenvalue weighted by atomic mass is 9.86. The zero-order valence-corrected chi connectivity index (χ0v) is 23.4. The second-order valence-electron chi connectivity index (χ2n) is 10.7. The molecule has 0 radical (unpaired) electrons. The highest BCUT2D eigenvalue weighted by atomic mass is 14.7. The van der Waals surface area contributed by atoms with Crippen molar-refractivity contribution in [3.63, 3.8) is 0 Å². The van der Waals surface area contributed by atoms with Gasteiger partial charge >= 0.3 is 0 Å². The van der Waals surface area contributed by atoms with Gasteiger partial charge in [0.25, 0.3) is 0 Å². The molecule has 0 bridgehead atoms. The van der Waals surface area contributed by atoms with Crippen LogP contribution in [-0.2, 0) is 0 Å². The molecule has 3 nitrogen and oxygen atoms in total. The molecule has 0 amide bonds. The zero-order valence-electron chi connectivity index (χ0n) is 23.4. The van der Waals surface area contributed by atoms with Gasteiger partial charge in [0.05, 0.1) is 11.2 Å². The van der Waals surface area contributed by atoms with Crippen LogP contribution in [0.2, 0.25) is 0 Å². The van der Waals surface area contributed by atoms with Gasteiger partial charge in [0, 0.05) is 41.3 Å². The van der Waals surface area contributed by atoms with Crippen LogP contribution in [0.3, 0.4) is 0 Å². The van der Waals surface area contributed by atoms with Crippen molar-refractivity contribution in [1.29, 1.82) is 0 Å². The van der Waals surface area contributed by atoms with E-state index < -0.39 is 0 Å². The van der Waals surface area contributed by atoms with Gasteiger partial charge in [0.1, 0.15) is 0 Å². The lowest BCUT2D eigenvalue weighted by molar-refractivity contribution is 1.28. The summed E-state index contributed by atoms with van der Waals surface area (Å²) in [5, 5.41) is 3.57. The predicted octanol–water partition coefficient (Wildman–Crippen LogP) is 9.77. The molecule has 0 aliphatic heterocycles. The van der Waals surface area contributed by atoms with Crippen molar-refractivity contribution in [1.82, 2.24) is 15.0 Å². The van der Waals surface area contributed by atoms with Gasteiger partial charge in [0.2, 0.25) is 0 Å². The van der Waals surface area contributed by atoms with E-state index in [9.17, 15) is 0 Å². The van der Waals surface area contributed by atoms with Crippen molar-refractivity contribution >= 4 is 21.7 Å². The highest BCUT2D eigenvalue weighted by Crippen LogP contribution is 2.41. The van der Waals surface area contributed by atoms with E-state index in [1.807, 2.05) is 43.0 Å². The molecule has 3 heterocycles. The van der Waals surface area contributed by atoms with Gasteiger partial charge in [-0.2, -0.15) is 0 Å². The Labute approximate surface area is 240 Å². The molecule has 7 rings (SSSR count). The van der Waals surface area contributed by atoms with Gasteiger partial charge in [-0.3, -0.25) is 15.0 Å². The van der Waals surface area contributed by atoms with Crippen LogP contribution in [0.15, 0.2) is 122 Å². The first kappa shape index (κ1) is 24.9. The van der Waals surface area contributed by atoms with Crippen molar-refractivity contribution in [3.8, 4) is 44.6 Å². The maximum absolute atomic E-state index is 4.76. The molecule has 0 saturated carbocycles. The number of hydrogen-bond donors (Lipinski definition) is 0. The number of rotatable bonds is 4. The van der Waals surface area contributed by atoms with E-state index in [4.69, 9.17) is 4.98 Å². The zero-order chi connectivity index (χ0) is 27.9. The Balaban J connectivity index is 1.46. The molecule has 0 atom stereocenters. The van der Waals surface area contributed by atoms with E-state index in [0.717, 1.165) is 33.3 Å². The molecular formula is C38H29N3. The van der Waals surface area contributed by atoms with Crippen molar-refractivity contribution in [2.45, 2.75) is 20.8 Å². The van der Waals surface area contributed by atoms with Crippen molar-refractivity contribution in [3.05, 3.63) is 139 Å². The first-order valence-electron chi connectivity index (χ1n) is 13.9. The van der Waals surface area contributed by atoms with Gasteiger partial charge < -0.3 is 0 Å². The van der Waals surface area contributed by atoms with E-state index in [1.165, 1.54) is 49.7 Å². The van der Waals surface area contributed by atoms with Gasteiger partial charge in [-0.15, -0.1) is 0 Å². The maximum Gasteiger partial charge on any atom is 0.0714 e. The number of aromatic nitrogens is 3. The Morgan fingerprint density at radius 3 is 2.22 bits per heavy atom. The topological polar surface area (TPSA) is 38.7 Å². The van der Waals surface area contributed by atoms with Crippen LogP contribution in [0.1, 0.15) is 16.7 Å². The Hall–Kier alpha value is -5.15. The van der Waals surface area contributed by atoms with Crippen molar-refractivity contribution < 1.29 is 0 Å². The molecule has 0 aliphatic carbocycles. The van der Waals surface area contributed by atoms with Gasteiger partial charge in [-0.1, -0.05) is 54.6 Å². The fourth-order valence-electron chi connectivity index (χ4n) is 6.02. The molecule has 0 saturated heterocycles. The fraction of sp³-hybridized carbons (Fsp3) is 0.0789. The minimum atomic E-state index is 0.993. The highest BCUT2D eigenvalue weighted by Gasteiger charge is 2.17. The smallest absolute Gasteiger partial charge is 0.0714 e. The first-order chi connectivity index (χ1) is 20.1. The van der Waals surface area contributed by atoms with E-state index >= 15 is 0 Å². The lowest BCUT2D eigenvalue weighted by Gasteiger charge is -2.18. The Kier molecular flexibility index (Phi) is 6.13. The standard InChI is InChI=1S/C38H29N3/c1-24-15-18-41-36(19-24)28-7-4-8-29(20-28)38-25(2)11-13-31(26(38)3)35-22-37-33(10-6-17-40-37)32-14-12-27(21-34(32)35)30-9-5-16-39-23-30/h4-23H,1-3H3. The predicted molar refractivity (Wildman–Crippen MR) is 171 cm³/mol. The Bertz CT molecular complexity index is 2080. The average Bonchev–Trinajstić information content (AvgIpc) is 3.01. The number of nitrogens with zero attached hydrogens (tertiary/aromatic N) is 3. The molecule has 0 unspecified atom stereocenters. The summed E-state index contributed by atoms with van der Waals surface area (Å²) in [6.45, 7) is 6.55. The maximum atomic E-state index is 4.76. The summed E-state index contributed by atoms with van der Waals surface area (Å²) in [6, 6.07) is 34.7. The fourth-order valence-corrected chi connectivity index (χ4v) is 6.02. The molecule has 0 spiro atoms. The summed E-state index contributed by atoms with van der Waals surface area (Å²) >= 11 is 0. The summed E-state index contributed by atoms with van der Waals surface area (Å²) < 4.78 is 0. The van der Waals surface area contributed by atoms with Crippen LogP contribution in [0, 0.1) is 20.8 Å².